The minimum Gasteiger partial charge on any atom is -0.296 e. The van der Waals surface area contributed by atoms with Crippen LogP contribution in [0.4, 0.5) is 79.8 Å². The normalized spacial score (nSPS) is 15.2. The molecule has 0 aliphatic heterocycles. The molecule has 38 heavy (non-hydrogen) atoms. The van der Waals surface area contributed by atoms with Crippen molar-refractivity contribution < 1.29 is 79.4 Å². The lowest BCUT2D eigenvalue weighted by atomic mass is 9.89. The first-order valence-electron chi connectivity index (χ1n) is 8.70. The number of rotatable bonds is 8. The van der Waals surface area contributed by atoms with Crippen LogP contribution in [-0.2, 0) is 4.79 Å². The highest BCUT2D eigenvalue weighted by atomic mass is 79.9. The molecule has 0 aliphatic rings. The highest BCUT2D eigenvalue weighted by Crippen LogP contribution is 2.64. The van der Waals surface area contributed by atoms with Crippen LogP contribution in [0, 0.1) is 0 Å². The first-order chi connectivity index (χ1) is 16.6. The summed E-state index contributed by atoms with van der Waals surface area (Å²) >= 11 is 3.13. The monoisotopic (exact) mass is 674 g/mol. The van der Waals surface area contributed by atoms with Crippen molar-refractivity contribution in [3.8, 4) is 0 Å². The summed E-state index contributed by atoms with van der Waals surface area (Å²) in [5, 5.41) is -0.313. The number of nitrogens with one attached hydrogen (secondary N) is 1. The number of hydrogen-bond donors (Lipinski definition) is 1. The van der Waals surface area contributed by atoms with E-state index in [4.69, 9.17) is 0 Å². The smallest absolute Gasteiger partial charge is 0.296 e. The largest absolute Gasteiger partial charge is 0.460 e. The van der Waals surface area contributed by atoms with E-state index in [1.165, 1.54) is 12.1 Å². The molecule has 0 spiro atoms. The second-order valence-corrected chi connectivity index (χ2v) is 9.05. The summed E-state index contributed by atoms with van der Waals surface area (Å²) in [5.74, 6) is -61.9. The van der Waals surface area contributed by atoms with Crippen molar-refractivity contribution in [1.29, 1.82) is 0 Å². The number of amides is 1. The van der Waals surface area contributed by atoms with E-state index >= 15 is 0 Å². The number of nitrogens with zero attached hydrogens (tertiary/aromatic N) is 1. The molecule has 1 aromatic carbocycles. The molecule has 0 unspecified atom stereocenters. The van der Waals surface area contributed by atoms with E-state index < -0.39 is 58.7 Å². The quantitative estimate of drug-likeness (QED) is 0.289. The van der Waals surface area contributed by atoms with Crippen molar-refractivity contribution in [1.82, 2.24) is 4.98 Å². The van der Waals surface area contributed by atoms with E-state index in [2.05, 4.69) is 20.9 Å². The second kappa shape index (κ2) is 8.95. The van der Waals surface area contributed by atoms with Gasteiger partial charge in [0.25, 0.3) is 0 Å². The molecule has 216 valence electrons. The van der Waals surface area contributed by atoms with E-state index in [-0.39, 0.29) is 21.6 Å². The Morgan fingerprint density at radius 1 is 0.684 bits per heavy atom. The molecule has 0 fully saturated rings. The van der Waals surface area contributed by atoms with E-state index in [9.17, 15) is 79.4 Å². The van der Waals surface area contributed by atoms with Gasteiger partial charge >= 0.3 is 53.5 Å². The number of anilines is 1. The molecule has 1 aromatic heterocycles. The maximum absolute atomic E-state index is 14.0. The molecule has 1 heterocycles. The minimum atomic E-state index is -8.76. The minimum absolute atomic E-state index is 0.00841. The second-order valence-electron chi connectivity index (χ2n) is 7.10. The fraction of sp³-hybridized carbons (Fsp3) is 0.500. The van der Waals surface area contributed by atoms with Crippen LogP contribution in [0.2, 0.25) is 0 Å². The van der Waals surface area contributed by atoms with Crippen LogP contribution in [-0.4, -0.2) is 58.5 Å². The third kappa shape index (κ3) is 4.34. The van der Waals surface area contributed by atoms with Gasteiger partial charge in [-0.15, -0.1) is 0 Å². The summed E-state index contributed by atoms with van der Waals surface area (Å²) in [6, 6.07) is 3.60. The lowest BCUT2D eigenvalue weighted by molar-refractivity contribution is -0.459. The molecule has 0 radical (unpaired) electrons. The van der Waals surface area contributed by atoms with Gasteiger partial charge in [-0.05, 0) is 18.2 Å². The number of fused-ring (bicyclic) bond motifs is 1. The summed E-state index contributed by atoms with van der Waals surface area (Å²) in [6.07, 6.45) is -7.84. The van der Waals surface area contributed by atoms with Gasteiger partial charge in [-0.3, -0.25) is 10.1 Å². The molecule has 2 rings (SSSR count). The summed E-state index contributed by atoms with van der Waals surface area (Å²) in [4.78, 5) is 14.9. The molecule has 0 saturated heterocycles. The van der Waals surface area contributed by atoms with Gasteiger partial charge in [-0.1, -0.05) is 27.3 Å². The molecule has 1 N–H and O–H groups in total. The van der Waals surface area contributed by atoms with Gasteiger partial charge in [0.1, 0.15) is 0 Å². The van der Waals surface area contributed by atoms with Crippen molar-refractivity contribution in [2.24, 2.45) is 0 Å². The van der Waals surface area contributed by atoms with Gasteiger partial charge in [0.15, 0.2) is 5.13 Å². The van der Waals surface area contributed by atoms with Crippen LogP contribution in [0.25, 0.3) is 10.2 Å². The molecular formula is C16H4BrF17N2OS. The molecule has 2 aromatic rings. The zero-order valence-corrected chi connectivity index (χ0v) is 19.2. The fourth-order valence-electron chi connectivity index (χ4n) is 2.43. The van der Waals surface area contributed by atoms with Crippen LogP contribution >= 0.6 is 27.3 Å². The maximum Gasteiger partial charge on any atom is 0.460 e. The number of thiazole rings is 1. The van der Waals surface area contributed by atoms with Crippen molar-refractivity contribution in [3.63, 3.8) is 0 Å². The lowest BCUT2D eigenvalue weighted by Gasteiger charge is -2.42. The maximum atomic E-state index is 14.0. The SMILES string of the molecule is O=C(Nc1nc2ccc(Br)cc2s1)C(F)(F)C(F)(F)C(F)(F)C(F)(F)C(F)(F)C(F)(F)C(F)(F)C(F)(F)F. The Balaban J connectivity index is 2.52. The third-order valence-electron chi connectivity index (χ3n) is 4.58. The van der Waals surface area contributed by atoms with Gasteiger partial charge < -0.3 is 0 Å². The van der Waals surface area contributed by atoms with Crippen LogP contribution in [0.5, 0.6) is 0 Å². The van der Waals surface area contributed by atoms with E-state index in [1.54, 1.807) is 0 Å². The van der Waals surface area contributed by atoms with E-state index in [0.29, 0.717) is 4.47 Å². The van der Waals surface area contributed by atoms with Crippen molar-refractivity contribution in [2.75, 3.05) is 5.32 Å². The molecule has 0 bridgehead atoms. The van der Waals surface area contributed by atoms with Crippen LogP contribution in [0.3, 0.4) is 0 Å². The Morgan fingerprint density at radius 3 is 1.55 bits per heavy atom. The fourth-order valence-corrected chi connectivity index (χ4v) is 3.85. The Bertz CT molecular complexity index is 1220. The number of benzene rings is 1. The summed E-state index contributed by atoms with van der Waals surface area (Å²) < 4.78 is 226. The van der Waals surface area contributed by atoms with Crippen LogP contribution in [0.15, 0.2) is 22.7 Å². The van der Waals surface area contributed by atoms with Gasteiger partial charge in [0, 0.05) is 4.47 Å². The number of hydrogen-bond acceptors (Lipinski definition) is 3. The number of aromatic nitrogens is 1. The zero-order chi connectivity index (χ0) is 30.1. The molecule has 3 nitrogen and oxygen atoms in total. The lowest BCUT2D eigenvalue weighted by Crippen LogP contribution is -2.75. The Kier molecular flexibility index (Phi) is 7.55. The van der Waals surface area contributed by atoms with E-state index in [0.717, 1.165) is 11.4 Å². The number of carbonyl (C=O) groups excluding carboxylic acids is 1. The van der Waals surface area contributed by atoms with Crippen LogP contribution < -0.4 is 5.32 Å². The molecule has 1 amide bonds. The first kappa shape index (κ1) is 32.1. The van der Waals surface area contributed by atoms with Crippen molar-refractivity contribution >= 4 is 48.5 Å². The van der Waals surface area contributed by atoms with Crippen molar-refractivity contribution in [2.45, 2.75) is 47.6 Å². The highest BCUT2D eigenvalue weighted by Gasteiger charge is 2.95. The third-order valence-corrected chi connectivity index (χ3v) is 6.01. The molecular weight excluding hydrogens is 671 g/mol. The van der Waals surface area contributed by atoms with Crippen molar-refractivity contribution in [3.05, 3.63) is 22.7 Å². The Labute approximate surface area is 209 Å². The Morgan fingerprint density at radius 2 is 1.11 bits per heavy atom. The van der Waals surface area contributed by atoms with Gasteiger partial charge in [0.2, 0.25) is 0 Å². The molecule has 0 aliphatic carbocycles. The molecule has 22 heteroatoms. The molecule has 0 saturated carbocycles. The zero-order valence-electron chi connectivity index (χ0n) is 16.8. The topological polar surface area (TPSA) is 42.0 Å². The summed E-state index contributed by atoms with van der Waals surface area (Å²) in [5.41, 5.74) is -0.145. The standard InChI is InChI=1S/C16H4BrF17N2OS/c17-4-1-2-5-6(3-4)38-8(35-5)36-7(37)9(18,19)10(20,21)11(22,23)12(24,25)13(26,27)14(28,29)15(30,31)16(32,33)34/h1-3H,(H,35,36,37). The predicted molar refractivity (Wildman–Crippen MR) is 96.6 cm³/mol. The van der Waals surface area contributed by atoms with Gasteiger partial charge in [-0.25, -0.2) is 4.98 Å². The van der Waals surface area contributed by atoms with E-state index in [1.807, 2.05) is 0 Å². The highest BCUT2D eigenvalue weighted by molar-refractivity contribution is 9.10. The summed E-state index contributed by atoms with van der Waals surface area (Å²) in [7, 11) is 0. The van der Waals surface area contributed by atoms with Gasteiger partial charge in [-0.2, -0.15) is 74.6 Å². The summed E-state index contributed by atoms with van der Waals surface area (Å²) in [6.45, 7) is 0. The van der Waals surface area contributed by atoms with Crippen LogP contribution in [0.1, 0.15) is 0 Å². The Hall–Kier alpha value is -2.13. The predicted octanol–water partition coefficient (Wildman–Crippen LogP) is 8.01. The van der Waals surface area contributed by atoms with Gasteiger partial charge in [0.05, 0.1) is 10.2 Å². The molecule has 0 atom stereocenters. The number of halogens is 18. The number of carbonyl (C=O) groups is 1. The first-order valence-corrected chi connectivity index (χ1v) is 10.3. The average molecular weight is 675 g/mol. The number of alkyl halides is 17. The average Bonchev–Trinajstić information content (AvgIpc) is 3.13.